The van der Waals surface area contributed by atoms with Crippen LogP contribution in [0.15, 0.2) is 24.3 Å². The molecule has 0 aromatic heterocycles. The minimum atomic E-state index is -4.32. The number of halogens is 5. The lowest BCUT2D eigenvalue weighted by Gasteiger charge is -2.36. The van der Waals surface area contributed by atoms with Gasteiger partial charge in [-0.15, -0.1) is 24.8 Å². The molecule has 1 atom stereocenters. The quantitative estimate of drug-likeness (QED) is 0.776. The Bertz CT molecular complexity index is 620. The first-order chi connectivity index (χ1) is 12.4. The van der Waals surface area contributed by atoms with Gasteiger partial charge >= 0.3 is 6.18 Å². The Balaban J connectivity index is 0.00000196. The topological polar surface area (TPSA) is 44.8 Å². The van der Waals surface area contributed by atoms with E-state index in [4.69, 9.17) is 4.74 Å². The lowest BCUT2D eigenvalue weighted by Crippen LogP contribution is -2.51. The first-order valence-electron chi connectivity index (χ1n) is 8.89. The normalized spacial score (nSPS) is 20.8. The largest absolute Gasteiger partial charge is 0.416 e. The fraction of sp³-hybridized carbons (Fsp3) is 0.611. The van der Waals surface area contributed by atoms with Gasteiger partial charge in [-0.2, -0.15) is 13.2 Å². The van der Waals surface area contributed by atoms with E-state index in [2.05, 4.69) is 10.2 Å². The van der Waals surface area contributed by atoms with Crippen LogP contribution in [0.1, 0.15) is 17.5 Å². The summed E-state index contributed by atoms with van der Waals surface area (Å²) in [7, 11) is 0. The molecule has 2 aliphatic heterocycles. The number of amides is 1. The fourth-order valence-electron chi connectivity index (χ4n) is 3.35. The molecule has 2 fully saturated rings. The number of rotatable bonds is 4. The Morgan fingerprint density at radius 3 is 2.50 bits per heavy atom. The van der Waals surface area contributed by atoms with Crippen molar-refractivity contribution in [3.8, 4) is 0 Å². The fourth-order valence-corrected chi connectivity index (χ4v) is 3.35. The number of morpholine rings is 1. The van der Waals surface area contributed by atoms with Gasteiger partial charge in [-0.1, -0.05) is 18.2 Å². The number of hydrogen-bond donors (Lipinski definition) is 1. The molecule has 0 aliphatic carbocycles. The maximum atomic E-state index is 12.8. The molecule has 1 aromatic rings. The number of carbonyl (C=O) groups excluding carboxylic acids is 1. The molecule has 3 rings (SSSR count). The molecule has 1 unspecified atom stereocenters. The summed E-state index contributed by atoms with van der Waals surface area (Å²) in [5.74, 6) is 0.103. The molecule has 0 spiro atoms. The Kier molecular flexibility index (Phi) is 10.00. The van der Waals surface area contributed by atoms with Crippen LogP contribution in [0.5, 0.6) is 0 Å². The van der Waals surface area contributed by atoms with Crippen molar-refractivity contribution in [1.29, 1.82) is 0 Å². The van der Waals surface area contributed by atoms with Gasteiger partial charge in [0, 0.05) is 51.7 Å². The number of ether oxygens (including phenoxy) is 1. The Hall–Kier alpha value is -1.06. The lowest BCUT2D eigenvalue weighted by atomic mass is 10.1. The highest BCUT2D eigenvalue weighted by molar-refractivity contribution is 5.85. The summed E-state index contributed by atoms with van der Waals surface area (Å²) in [6.07, 6.45) is -3.90. The molecule has 2 heterocycles. The van der Waals surface area contributed by atoms with Crippen LogP contribution in [0.4, 0.5) is 13.2 Å². The SMILES string of the molecule is Cl.Cl.O=C(CC1COCCN1)N1CCN(Cc2cccc(C(F)(F)F)c2)CC1. The van der Waals surface area contributed by atoms with E-state index >= 15 is 0 Å². The van der Waals surface area contributed by atoms with Crippen LogP contribution < -0.4 is 5.32 Å². The first-order valence-corrected chi connectivity index (χ1v) is 8.89. The number of alkyl halides is 3. The molecule has 1 amide bonds. The van der Waals surface area contributed by atoms with Crippen LogP contribution in [-0.4, -0.2) is 67.7 Å². The lowest BCUT2D eigenvalue weighted by molar-refractivity contribution is -0.138. The summed E-state index contributed by atoms with van der Waals surface area (Å²) in [5, 5.41) is 3.27. The summed E-state index contributed by atoms with van der Waals surface area (Å²) in [6.45, 7) is 5.00. The van der Waals surface area contributed by atoms with Crippen molar-refractivity contribution in [1.82, 2.24) is 15.1 Å². The predicted molar refractivity (Wildman–Crippen MR) is 105 cm³/mol. The second-order valence-electron chi connectivity index (χ2n) is 6.79. The third kappa shape index (κ3) is 7.08. The van der Waals surface area contributed by atoms with Crippen molar-refractivity contribution in [3.63, 3.8) is 0 Å². The van der Waals surface area contributed by atoms with Gasteiger partial charge in [0.1, 0.15) is 0 Å². The van der Waals surface area contributed by atoms with Crippen LogP contribution in [0, 0.1) is 0 Å². The van der Waals surface area contributed by atoms with E-state index in [0.717, 1.165) is 12.6 Å². The first kappa shape index (κ1) is 25.0. The number of nitrogens with one attached hydrogen (secondary N) is 1. The van der Waals surface area contributed by atoms with Crippen molar-refractivity contribution >= 4 is 30.7 Å². The van der Waals surface area contributed by atoms with E-state index in [1.807, 2.05) is 4.90 Å². The summed E-state index contributed by atoms with van der Waals surface area (Å²) in [4.78, 5) is 16.3. The number of piperazine rings is 1. The monoisotopic (exact) mass is 443 g/mol. The third-order valence-corrected chi connectivity index (χ3v) is 4.80. The van der Waals surface area contributed by atoms with Gasteiger partial charge in [-0.3, -0.25) is 9.69 Å². The van der Waals surface area contributed by atoms with Crippen LogP contribution in [0.2, 0.25) is 0 Å². The second-order valence-corrected chi connectivity index (χ2v) is 6.79. The zero-order chi connectivity index (χ0) is 18.6. The molecule has 2 saturated heterocycles. The Labute approximate surface area is 175 Å². The van der Waals surface area contributed by atoms with Gasteiger partial charge in [0.15, 0.2) is 0 Å². The van der Waals surface area contributed by atoms with Gasteiger partial charge in [0.2, 0.25) is 5.91 Å². The zero-order valence-corrected chi connectivity index (χ0v) is 17.0. The highest BCUT2D eigenvalue weighted by Gasteiger charge is 2.30. The average Bonchev–Trinajstić information content (AvgIpc) is 2.63. The molecule has 5 nitrogen and oxygen atoms in total. The molecular formula is C18H26Cl2F3N3O2. The smallest absolute Gasteiger partial charge is 0.378 e. The van der Waals surface area contributed by atoms with Gasteiger partial charge in [-0.05, 0) is 11.6 Å². The van der Waals surface area contributed by atoms with Gasteiger partial charge in [0.25, 0.3) is 0 Å². The van der Waals surface area contributed by atoms with Gasteiger partial charge < -0.3 is 15.0 Å². The standard InChI is InChI=1S/C18H24F3N3O2.2ClH/c19-18(20,21)15-3-1-2-14(10-15)12-23-5-7-24(8-6-23)17(25)11-16-13-26-9-4-22-16;;/h1-3,10,16,22H,4-9,11-13H2;2*1H. The maximum absolute atomic E-state index is 12.8. The summed E-state index contributed by atoms with van der Waals surface area (Å²) in [5.41, 5.74) is 0.0224. The van der Waals surface area contributed by atoms with Crippen LogP contribution in [0.3, 0.4) is 0 Å². The van der Waals surface area contributed by atoms with Crippen molar-refractivity contribution in [2.45, 2.75) is 25.2 Å². The minimum absolute atomic E-state index is 0. The molecule has 10 heteroatoms. The van der Waals surface area contributed by atoms with E-state index < -0.39 is 11.7 Å². The second kappa shape index (κ2) is 11.2. The van der Waals surface area contributed by atoms with Crippen molar-refractivity contribution in [2.75, 3.05) is 45.9 Å². The molecule has 2 aliphatic rings. The highest BCUT2D eigenvalue weighted by atomic mass is 35.5. The molecular weight excluding hydrogens is 418 g/mol. The van der Waals surface area contributed by atoms with Crippen LogP contribution in [0.25, 0.3) is 0 Å². The number of hydrogen-bond acceptors (Lipinski definition) is 4. The van der Waals surface area contributed by atoms with Crippen molar-refractivity contribution in [2.24, 2.45) is 0 Å². The summed E-state index contributed by atoms with van der Waals surface area (Å²) >= 11 is 0. The van der Waals surface area contributed by atoms with E-state index in [1.165, 1.54) is 12.1 Å². The Morgan fingerprint density at radius 2 is 1.89 bits per heavy atom. The van der Waals surface area contributed by atoms with Crippen molar-refractivity contribution in [3.05, 3.63) is 35.4 Å². The third-order valence-electron chi connectivity index (χ3n) is 4.80. The van der Waals surface area contributed by atoms with E-state index in [1.54, 1.807) is 6.07 Å². The maximum Gasteiger partial charge on any atom is 0.416 e. The molecule has 160 valence electrons. The molecule has 1 N–H and O–H groups in total. The number of benzene rings is 1. The minimum Gasteiger partial charge on any atom is -0.378 e. The average molecular weight is 444 g/mol. The molecule has 1 aromatic carbocycles. The number of carbonyl (C=O) groups is 1. The molecule has 28 heavy (non-hydrogen) atoms. The van der Waals surface area contributed by atoms with E-state index in [9.17, 15) is 18.0 Å². The zero-order valence-electron chi connectivity index (χ0n) is 15.4. The molecule has 0 radical (unpaired) electrons. The predicted octanol–water partition coefficient (Wildman–Crippen LogP) is 2.57. The summed E-state index contributed by atoms with van der Waals surface area (Å²) < 4.78 is 43.8. The van der Waals surface area contributed by atoms with Crippen LogP contribution in [-0.2, 0) is 22.3 Å². The Morgan fingerprint density at radius 1 is 1.18 bits per heavy atom. The van der Waals surface area contributed by atoms with E-state index in [-0.39, 0.29) is 36.8 Å². The van der Waals surface area contributed by atoms with Crippen LogP contribution >= 0.6 is 24.8 Å². The summed E-state index contributed by atoms with van der Waals surface area (Å²) in [6, 6.07) is 5.51. The molecule has 0 saturated carbocycles. The highest BCUT2D eigenvalue weighted by Crippen LogP contribution is 2.29. The van der Waals surface area contributed by atoms with Gasteiger partial charge in [-0.25, -0.2) is 0 Å². The van der Waals surface area contributed by atoms with Gasteiger partial charge in [0.05, 0.1) is 18.8 Å². The van der Waals surface area contributed by atoms with E-state index in [0.29, 0.717) is 57.9 Å². The number of nitrogens with zero attached hydrogens (tertiary/aromatic N) is 2. The van der Waals surface area contributed by atoms with Crippen molar-refractivity contribution < 1.29 is 22.7 Å². The molecule has 0 bridgehead atoms.